The van der Waals surface area contributed by atoms with Crippen molar-refractivity contribution in [2.75, 3.05) is 13.2 Å². The number of aliphatic hydroxyl groups excluding tert-OH is 5. The van der Waals surface area contributed by atoms with Gasteiger partial charge in [0.05, 0.1) is 25.4 Å². The summed E-state index contributed by atoms with van der Waals surface area (Å²) in [5, 5.41) is 54.5. The Labute approximate surface area is 434 Å². The molecule has 1 amide bonds. The smallest absolute Gasteiger partial charge is 0.220 e. The minimum atomic E-state index is -1.59. The zero-order valence-corrected chi connectivity index (χ0v) is 44.9. The number of carbonyl (C=O) groups is 1. The molecule has 406 valence electrons. The van der Waals surface area contributed by atoms with Crippen LogP contribution in [-0.2, 0) is 14.3 Å². The van der Waals surface area contributed by atoms with Gasteiger partial charge in [0.15, 0.2) is 6.29 Å². The number of allylic oxidation sites excluding steroid dienone is 17. The molecule has 0 aliphatic carbocycles. The number of hydrogen-bond donors (Lipinski definition) is 6. The summed E-state index contributed by atoms with van der Waals surface area (Å²) in [5.74, 6) is -0.222. The summed E-state index contributed by atoms with van der Waals surface area (Å²) in [4.78, 5) is 13.0. The van der Waals surface area contributed by atoms with Gasteiger partial charge in [0.2, 0.25) is 5.91 Å². The lowest BCUT2D eigenvalue weighted by molar-refractivity contribution is -0.302. The molecule has 0 bridgehead atoms. The van der Waals surface area contributed by atoms with Crippen LogP contribution in [0.3, 0.4) is 0 Å². The summed E-state index contributed by atoms with van der Waals surface area (Å²) in [7, 11) is 0. The predicted octanol–water partition coefficient (Wildman–Crippen LogP) is 14.2. The van der Waals surface area contributed by atoms with E-state index in [9.17, 15) is 30.3 Å². The van der Waals surface area contributed by atoms with Crippen LogP contribution < -0.4 is 5.32 Å². The fraction of sp³-hybridized carbons (Fsp3) is 0.694. The Balaban J connectivity index is 2.32. The van der Waals surface area contributed by atoms with Crippen molar-refractivity contribution in [3.63, 3.8) is 0 Å². The first-order valence-electron chi connectivity index (χ1n) is 28.6. The zero-order valence-electron chi connectivity index (χ0n) is 44.9. The van der Waals surface area contributed by atoms with Gasteiger partial charge in [0.25, 0.3) is 0 Å². The van der Waals surface area contributed by atoms with Crippen LogP contribution in [0, 0.1) is 0 Å². The molecule has 0 aromatic rings. The fourth-order valence-electron chi connectivity index (χ4n) is 8.33. The summed E-state index contributed by atoms with van der Waals surface area (Å²) < 4.78 is 11.2. The molecule has 9 nitrogen and oxygen atoms in total. The first kappa shape index (κ1) is 65.9. The zero-order chi connectivity index (χ0) is 51.5. The van der Waals surface area contributed by atoms with Crippen LogP contribution in [0.2, 0.25) is 0 Å². The Bertz CT molecular complexity index is 1480. The molecule has 0 aromatic heterocycles. The quantitative estimate of drug-likeness (QED) is 0.0261. The Morgan fingerprint density at radius 1 is 0.493 bits per heavy atom. The fourth-order valence-corrected chi connectivity index (χ4v) is 8.33. The number of carbonyl (C=O) groups excluding carboxylic acids is 1. The van der Waals surface area contributed by atoms with Crippen molar-refractivity contribution in [2.45, 2.75) is 262 Å². The largest absolute Gasteiger partial charge is 0.394 e. The third-order valence-electron chi connectivity index (χ3n) is 12.8. The van der Waals surface area contributed by atoms with E-state index in [2.05, 4.69) is 116 Å². The Morgan fingerprint density at radius 2 is 0.887 bits per heavy atom. The monoisotopic (exact) mass is 992 g/mol. The predicted molar refractivity (Wildman–Crippen MR) is 299 cm³/mol. The van der Waals surface area contributed by atoms with Gasteiger partial charge >= 0.3 is 0 Å². The van der Waals surface area contributed by atoms with Crippen LogP contribution in [-0.4, -0.2) is 87.5 Å². The van der Waals surface area contributed by atoms with Crippen LogP contribution >= 0.6 is 0 Å². The van der Waals surface area contributed by atoms with Crippen LogP contribution in [0.5, 0.6) is 0 Å². The molecule has 6 N–H and O–H groups in total. The van der Waals surface area contributed by atoms with E-state index in [-0.39, 0.29) is 12.5 Å². The number of unbranched alkanes of at least 4 members (excludes halogenated alkanes) is 21. The van der Waals surface area contributed by atoms with E-state index in [1.54, 1.807) is 6.08 Å². The molecule has 7 unspecified atom stereocenters. The number of ether oxygens (including phenoxy) is 2. The van der Waals surface area contributed by atoms with E-state index in [4.69, 9.17) is 9.47 Å². The van der Waals surface area contributed by atoms with Gasteiger partial charge in [0.1, 0.15) is 24.4 Å². The molecular weight excluding hydrogens is 887 g/mol. The molecule has 71 heavy (non-hydrogen) atoms. The van der Waals surface area contributed by atoms with E-state index in [0.29, 0.717) is 12.8 Å². The number of hydrogen-bond acceptors (Lipinski definition) is 8. The molecule has 0 spiro atoms. The third-order valence-corrected chi connectivity index (χ3v) is 12.8. The highest BCUT2D eigenvalue weighted by atomic mass is 16.7. The summed E-state index contributed by atoms with van der Waals surface area (Å²) >= 11 is 0. The topological polar surface area (TPSA) is 149 Å². The molecule has 0 aromatic carbocycles. The van der Waals surface area contributed by atoms with E-state index < -0.39 is 49.5 Å². The van der Waals surface area contributed by atoms with Gasteiger partial charge < -0.3 is 40.3 Å². The van der Waals surface area contributed by atoms with E-state index in [1.807, 2.05) is 6.08 Å². The molecule has 1 aliphatic heterocycles. The lowest BCUT2D eigenvalue weighted by atomic mass is 9.99. The highest BCUT2D eigenvalue weighted by molar-refractivity contribution is 5.76. The van der Waals surface area contributed by atoms with Gasteiger partial charge in [-0.3, -0.25) is 4.79 Å². The molecule has 1 saturated heterocycles. The van der Waals surface area contributed by atoms with Gasteiger partial charge in [-0.05, 0) is 89.9 Å². The first-order valence-corrected chi connectivity index (χ1v) is 28.6. The third kappa shape index (κ3) is 40.0. The van der Waals surface area contributed by atoms with E-state index in [0.717, 1.165) is 83.5 Å². The van der Waals surface area contributed by atoms with Crippen molar-refractivity contribution < 1.29 is 39.8 Å². The van der Waals surface area contributed by atoms with E-state index >= 15 is 0 Å². The van der Waals surface area contributed by atoms with Gasteiger partial charge in [-0.25, -0.2) is 0 Å². The molecule has 0 saturated carbocycles. The minimum Gasteiger partial charge on any atom is -0.394 e. The molecule has 9 heteroatoms. The SMILES string of the molecule is CC/C=C\C/C=C\C/C=C\C/C=C\C/C=C\C/C=C\C/C=C\CCCCCC(=O)NC(COC1OC(CO)C(O)C(O)C1O)C(O)/C=C/CC/C=C/CCCCCCCCCCCCCCCCCCC. The average molecular weight is 993 g/mol. The van der Waals surface area contributed by atoms with Crippen molar-refractivity contribution in [3.05, 3.63) is 109 Å². The second kappa shape index (κ2) is 50.4. The maximum atomic E-state index is 13.0. The standard InChI is InChI=1S/C62H105NO8/c1-3-5-7-9-11-13-15-17-19-21-23-25-27-28-30-32-34-36-38-40-42-44-46-48-50-52-58(66)63-55(54-70-62-61(69)60(68)59(67)57(53-64)71-62)56(65)51-49-47-45-43-41-39-37-35-33-31-29-26-24-22-20-18-16-14-12-10-8-6-4-2/h5,7,11,13,17,19,23,25,28,30,34,36,40-43,49,51,55-57,59-62,64-65,67-69H,3-4,6,8-10,12,14-16,18,20-22,24,26-27,29,31-33,35,37-39,44-48,50,52-54H2,1-2H3,(H,63,66)/b7-5-,13-11-,19-17-,25-23-,30-28-,36-34-,42-40-,43-41+,51-49+. The average Bonchev–Trinajstić information content (AvgIpc) is 3.37. The normalized spacial score (nSPS) is 20.1. The molecular formula is C62H105NO8. The van der Waals surface area contributed by atoms with Gasteiger partial charge in [-0.2, -0.15) is 0 Å². The lowest BCUT2D eigenvalue weighted by Gasteiger charge is -2.40. The van der Waals surface area contributed by atoms with Crippen LogP contribution in [0.1, 0.15) is 219 Å². The molecule has 1 heterocycles. The first-order chi connectivity index (χ1) is 34.8. The second-order valence-electron chi connectivity index (χ2n) is 19.3. The lowest BCUT2D eigenvalue weighted by Crippen LogP contribution is -2.60. The van der Waals surface area contributed by atoms with Gasteiger partial charge in [0, 0.05) is 6.42 Å². The van der Waals surface area contributed by atoms with Crippen LogP contribution in [0.4, 0.5) is 0 Å². The highest BCUT2D eigenvalue weighted by Gasteiger charge is 2.44. The number of nitrogens with one attached hydrogen (secondary N) is 1. The molecule has 0 radical (unpaired) electrons. The van der Waals surface area contributed by atoms with Crippen molar-refractivity contribution in [3.8, 4) is 0 Å². The van der Waals surface area contributed by atoms with E-state index in [1.165, 1.54) is 109 Å². The van der Waals surface area contributed by atoms with Crippen molar-refractivity contribution in [2.24, 2.45) is 0 Å². The Kier molecular flexibility index (Phi) is 46.7. The number of rotatable bonds is 47. The van der Waals surface area contributed by atoms with Gasteiger partial charge in [-0.1, -0.05) is 232 Å². The summed E-state index contributed by atoms with van der Waals surface area (Å²) in [6, 6.07) is -0.849. The number of amides is 1. The summed E-state index contributed by atoms with van der Waals surface area (Å²) in [6.45, 7) is 3.63. The number of aliphatic hydroxyl groups is 5. The summed E-state index contributed by atoms with van der Waals surface area (Å²) in [6.07, 6.45) is 67.2. The highest BCUT2D eigenvalue weighted by Crippen LogP contribution is 2.23. The molecule has 1 aliphatic rings. The maximum absolute atomic E-state index is 13.0. The van der Waals surface area contributed by atoms with Gasteiger partial charge in [-0.15, -0.1) is 0 Å². The summed E-state index contributed by atoms with van der Waals surface area (Å²) in [5.41, 5.74) is 0. The molecule has 1 fully saturated rings. The maximum Gasteiger partial charge on any atom is 0.220 e. The Morgan fingerprint density at radius 3 is 1.35 bits per heavy atom. The molecule has 7 atom stereocenters. The van der Waals surface area contributed by atoms with Crippen LogP contribution in [0.15, 0.2) is 109 Å². The minimum absolute atomic E-state index is 0.221. The molecule has 1 rings (SSSR count). The van der Waals surface area contributed by atoms with Crippen molar-refractivity contribution in [1.82, 2.24) is 5.32 Å². The van der Waals surface area contributed by atoms with Crippen molar-refractivity contribution in [1.29, 1.82) is 0 Å². The van der Waals surface area contributed by atoms with Crippen molar-refractivity contribution >= 4 is 5.91 Å². The van der Waals surface area contributed by atoms with Crippen LogP contribution in [0.25, 0.3) is 0 Å². The second-order valence-corrected chi connectivity index (χ2v) is 19.3. The Hall–Kier alpha value is -3.15.